The first kappa shape index (κ1) is 22.1. The summed E-state index contributed by atoms with van der Waals surface area (Å²) in [6, 6.07) is 15.1. The van der Waals surface area contributed by atoms with E-state index in [1.54, 1.807) is 17.1 Å². The third-order valence-corrected chi connectivity index (χ3v) is 6.13. The third-order valence-electron chi connectivity index (χ3n) is 5.57. The van der Waals surface area contributed by atoms with Gasteiger partial charge in [-0.05, 0) is 49.6 Å². The van der Waals surface area contributed by atoms with Crippen LogP contribution < -0.4 is 15.9 Å². The summed E-state index contributed by atoms with van der Waals surface area (Å²) in [6.07, 6.45) is 1.76. The van der Waals surface area contributed by atoms with Crippen LogP contribution in [0, 0.1) is 11.3 Å². The van der Waals surface area contributed by atoms with Gasteiger partial charge in [0.15, 0.2) is 11.5 Å². The molecule has 164 valence electrons. The van der Waals surface area contributed by atoms with E-state index in [0.29, 0.717) is 52.8 Å². The summed E-state index contributed by atoms with van der Waals surface area (Å²) in [5, 5.41) is 12.4. The van der Waals surface area contributed by atoms with E-state index >= 15 is 0 Å². The van der Waals surface area contributed by atoms with Gasteiger partial charge in [-0.25, -0.2) is 5.01 Å². The van der Waals surface area contributed by atoms with Crippen molar-refractivity contribution in [3.05, 3.63) is 80.7 Å². The summed E-state index contributed by atoms with van der Waals surface area (Å²) in [5.74, 6) is -0.0434. The van der Waals surface area contributed by atoms with Gasteiger partial charge >= 0.3 is 0 Å². The second-order valence-electron chi connectivity index (χ2n) is 7.54. The Labute approximate surface area is 196 Å². The number of halogens is 2. The molecule has 0 aromatic heterocycles. The largest absolute Gasteiger partial charge is 0.491 e. The Morgan fingerprint density at radius 1 is 1.22 bits per heavy atom. The Bertz CT molecular complexity index is 1150. The van der Waals surface area contributed by atoms with E-state index in [1.807, 2.05) is 37.3 Å². The quantitative estimate of drug-likeness (QED) is 0.599. The van der Waals surface area contributed by atoms with E-state index in [0.717, 1.165) is 11.4 Å². The van der Waals surface area contributed by atoms with E-state index in [9.17, 15) is 10.1 Å². The molecule has 1 aliphatic carbocycles. The summed E-state index contributed by atoms with van der Waals surface area (Å²) >= 11 is 12.9. The molecule has 0 bridgehead atoms. The van der Waals surface area contributed by atoms with Crippen LogP contribution in [0.2, 0.25) is 10.0 Å². The van der Waals surface area contributed by atoms with Crippen molar-refractivity contribution in [1.29, 1.82) is 5.26 Å². The fourth-order valence-electron chi connectivity index (χ4n) is 4.22. The molecular formula is C24H22Cl2N4O2. The highest BCUT2D eigenvalue weighted by Crippen LogP contribution is 2.47. The highest BCUT2D eigenvalue weighted by molar-refractivity contribution is 6.37. The maximum Gasteiger partial charge on any atom is 0.161 e. The minimum Gasteiger partial charge on any atom is -0.491 e. The lowest BCUT2D eigenvalue weighted by Gasteiger charge is -2.39. The van der Waals surface area contributed by atoms with Crippen LogP contribution in [0.3, 0.4) is 0 Å². The Morgan fingerprint density at radius 3 is 2.53 bits per heavy atom. The van der Waals surface area contributed by atoms with Crippen LogP contribution in [-0.4, -0.2) is 17.4 Å². The van der Waals surface area contributed by atoms with E-state index in [-0.39, 0.29) is 17.2 Å². The highest BCUT2D eigenvalue weighted by atomic mass is 35.5. The van der Waals surface area contributed by atoms with Crippen LogP contribution in [-0.2, 0) is 4.79 Å². The predicted molar refractivity (Wildman–Crippen MR) is 125 cm³/mol. The molecule has 1 aliphatic heterocycles. The number of anilines is 1. The number of nitriles is 1. The minimum atomic E-state index is -0.651. The number of hydrogen-bond donors (Lipinski definition) is 2. The average Bonchev–Trinajstić information content (AvgIpc) is 2.78. The number of carbonyl (C=O) groups excluding carboxylic acids is 1. The van der Waals surface area contributed by atoms with Gasteiger partial charge in [0.25, 0.3) is 0 Å². The normalized spacial score (nSPS) is 18.4. The van der Waals surface area contributed by atoms with E-state index in [4.69, 9.17) is 33.7 Å². The zero-order valence-electron chi connectivity index (χ0n) is 17.5. The molecule has 0 unspecified atom stereocenters. The summed E-state index contributed by atoms with van der Waals surface area (Å²) < 4.78 is 5.53. The van der Waals surface area contributed by atoms with E-state index in [2.05, 4.69) is 11.5 Å². The van der Waals surface area contributed by atoms with Crippen molar-refractivity contribution in [1.82, 2.24) is 5.01 Å². The van der Waals surface area contributed by atoms with Gasteiger partial charge in [0.1, 0.15) is 5.82 Å². The maximum absolute atomic E-state index is 13.1. The molecule has 2 aromatic rings. The SMILES string of the molecule is CCOc1c(Cl)cc([C@H]2C(C#N)=C(N)N(Nc3ccccc3)C3=C2C(=O)CCC3)cc1Cl. The standard InChI is InChI=1S/C24H22Cl2N4O2/c1-2-32-23-17(25)11-14(12-18(23)26)21-16(13-27)24(28)30(29-15-7-4-3-5-8-15)19-9-6-10-20(31)22(19)21/h3-5,7-8,11-12,21,29H,2,6,9-10,28H2,1H3/t21-/m0/s1. The third kappa shape index (κ3) is 3.90. The Morgan fingerprint density at radius 2 is 1.91 bits per heavy atom. The molecule has 2 aliphatic rings. The highest BCUT2D eigenvalue weighted by Gasteiger charge is 2.40. The van der Waals surface area contributed by atoms with Gasteiger partial charge < -0.3 is 10.5 Å². The summed E-state index contributed by atoms with van der Waals surface area (Å²) in [6.45, 7) is 2.25. The van der Waals surface area contributed by atoms with Gasteiger partial charge in [0.2, 0.25) is 0 Å². The number of rotatable bonds is 5. The Hall–Kier alpha value is -3.14. The number of nitrogens with two attached hydrogens (primary N) is 1. The summed E-state index contributed by atoms with van der Waals surface area (Å²) in [5.41, 5.74) is 12.7. The molecule has 2 aromatic carbocycles. The number of hydrazine groups is 1. The molecule has 0 amide bonds. The van der Waals surface area contributed by atoms with Crippen molar-refractivity contribution in [3.8, 4) is 11.8 Å². The summed E-state index contributed by atoms with van der Waals surface area (Å²) in [7, 11) is 0. The lowest BCUT2D eigenvalue weighted by Crippen LogP contribution is -2.41. The van der Waals surface area contributed by atoms with Crippen molar-refractivity contribution in [2.24, 2.45) is 5.73 Å². The minimum absolute atomic E-state index is 0.0162. The molecule has 6 nitrogen and oxygen atoms in total. The second-order valence-corrected chi connectivity index (χ2v) is 8.36. The van der Waals surface area contributed by atoms with Gasteiger partial charge in [-0.1, -0.05) is 41.4 Å². The van der Waals surface area contributed by atoms with Crippen LogP contribution in [0.4, 0.5) is 5.69 Å². The topological polar surface area (TPSA) is 91.4 Å². The first-order valence-corrected chi connectivity index (χ1v) is 11.1. The fraction of sp³-hybridized carbons (Fsp3) is 0.250. The van der Waals surface area contributed by atoms with E-state index in [1.165, 1.54) is 0 Å². The van der Waals surface area contributed by atoms with E-state index < -0.39 is 5.92 Å². The number of Topliss-reactive ketones (excluding diaryl/α,β-unsaturated/α-hetero) is 1. The fourth-order valence-corrected chi connectivity index (χ4v) is 4.83. The zero-order valence-corrected chi connectivity index (χ0v) is 19.0. The van der Waals surface area contributed by atoms with Gasteiger partial charge in [-0.2, -0.15) is 5.26 Å². The van der Waals surface area contributed by atoms with Gasteiger partial charge in [-0.3, -0.25) is 10.2 Å². The van der Waals surface area contributed by atoms with Crippen LogP contribution in [0.25, 0.3) is 0 Å². The number of hydrogen-bond acceptors (Lipinski definition) is 6. The Kier molecular flexibility index (Phi) is 6.31. The monoisotopic (exact) mass is 468 g/mol. The lowest BCUT2D eigenvalue weighted by atomic mass is 9.76. The number of benzene rings is 2. The van der Waals surface area contributed by atoms with Crippen LogP contribution in [0.5, 0.6) is 5.75 Å². The van der Waals surface area contributed by atoms with Crippen molar-refractivity contribution >= 4 is 34.7 Å². The number of allylic oxidation sites excluding steroid dienone is 3. The zero-order chi connectivity index (χ0) is 22.8. The Balaban J connectivity index is 1.87. The number of nitrogens with one attached hydrogen (secondary N) is 1. The maximum atomic E-state index is 13.1. The number of para-hydroxylation sites is 1. The van der Waals surface area contributed by atoms with Crippen molar-refractivity contribution < 1.29 is 9.53 Å². The van der Waals surface area contributed by atoms with Crippen molar-refractivity contribution in [2.75, 3.05) is 12.0 Å². The molecule has 0 saturated carbocycles. The van der Waals surface area contributed by atoms with Crippen LogP contribution >= 0.6 is 23.2 Å². The second kappa shape index (κ2) is 9.15. The summed E-state index contributed by atoms with van der Waals surface area (Å²) in [4.78, 5) is 13.1. The molecule has 1 heterocycles. The molecular weight excluding hydrogens is 447 g/mol. The molecule has 0 saturated heterocycles. The molecule has 8 heteroatoms. The lowest BCUT2D eigenvalue weighted by molar-refractivity contribution is -0.116. The number of nitrogens with zero attached hydrogens (tertiary/aromatic N) is 2. The van der Waals surface area contributed by atoms with Crippen molar-refractivity contribution in [2.45, 2.75) is 32.1 Å². The number of ketones is 1. The van der Waals surface area contributed by atoms with Gasteiger partial charge in [-0.15, -0.1) is 0 Å². The van der Waals surface area contributed by atoms with Crippen LogP contribution in [0.1, 0.15) is 37.7 Å². The van der Waals surface area contributed by atoms with Gasteiger partial charge in [0.05, 0.1) is 39.9 Å². The first-order valence-electron chi connectivity index (χ1n) is 10.4. The number of carbonyl (C=O) groups is 1. The molecule has 0 fully saturated rings. The smallest absolute Gasteiger partial charge is 0.161 e. The first-order chi connectivity index (χ1) is 15.5. The molecule has 1 atom stereocenters. The number of ether oxygens (including phenoxy) is 1. The molecule has 4 rings (SSSR count). The van der Waals surface area contributed by atoms with Crippen molar-refractivity contribution in [3.63, 3.8) is 0 Å². The molecule has 32 heavy (non-hydrogen) atoms. The average molecular weight is 469 g/mol. The van der Waals surface area contributed by atoms with Crippen LogP contribution in [0.15, 0.2) is 65.1 Å². The van der Waals surface area contributed by atoms with Gasteiger partial charge in [0, 0.05) is 17.7 Å². The molecule has 3 N–H and O–H groups in total. The molecule has 0 radical (unpaired) electrons. The molecule has 0 spiro atoms. The predicted octanol–water partition coefficient (Wildman–Crippen LogP) is 5.52.